The number of rotatable bonds is 9. The van der Waals surface area contributed by atoms with Crippen molar-refractivity contribution in [3.8, 4) is 5.75 Å². The third kappa shape index (κ3) is 7.31. The maximum absolute atomic E-state index is 11.1. The van der Waals surface area contributed by atoms with Crippen LogP contribution in [0.25, 0.3) is 0 Å². The summed E-state index contributed by atoms with van der Waals surface area (Å²) >= 11 is 25.0. The molecule has 2 atom stereocenters. The monoisotopic (exact) mass is 565 g/mol. The van der Waals surface area contributed by atoms with Gasteiger partial charge < -0.3 is 19.3 Å². The van der Waals surface area contributed by atoms with Crippen LogP contribution in [0.1, 0.15) is 31.1 Å². The molecule has 1 aliphatic heterocycles. The molecule has 0 aromatic heterocycles. The summed E-state index contributed by atoms with van der Waals surface area (Å²) in [5.41, 5.74) is 2.53. The van der Waals surface area contributed by atoms with Gasteiger partial charge in [-0.25, -0.2) is 0 Å². The van der Waals surface area contributed by atoms with Gasteiger partial charge in [-0.1, -0.05) is 70.7 Å². The third-order valence-electron chi connectivity index (χ3n) is 5.44. The van der Waals surface area contributed by atoms with Gasteiger partial charge in [-0.3, -0.25) is 4.79 Å². The van der Waals surface area contributed by atoms with Crippen LogP contribution in [0.15, 0.2) is 73.1 Å². The molecule has 0 saturated heterocycles. The average Bonchev–Trinajstić information content (AvgIpc) is 3.17. The number of carbonyl (C=O) groups excluding carboxylic acids is 1. The summed E-state index contributed by atoms with van der Waals surface area (Å²) in [6, 6.07) is 17.7. The fourth-order valence-electron chi connectivity index (χ4n) is 3.70. The van der Waals surface area contributed by atoms with Gasteiger partial charge in [0.1, 0.15) is 11.9 Å². The summed E-state index contributed by atoms with van der Waals surface area (Å²) in [4.78, 5) is 14.9. The second-order valence-electron chi connectivity index (χ2n) is 8.22. The van der Waals surface area contributed by atoms with Gasteiger partial charge in [-0.2, -0.15) is 0 Å². The Kier molecular flexibility index (Phi) is 8.57. The van der Waals surface area contributed by atoms with Gasteiger partial charge in [-0.15, -0.1) is 0 Å². The quantitative estimate of drug-likeness (QED) is 0.196. The molecular weight excluding hydrogens is 542 g/mol. The number of nitrogens with zero attached hydrogens (tertiary/aromatic N) is 2. The first-order valence-electron chi connectivity index (χ1n) is 11.7. The van der Waals surface area contributed by atoms with Crippen molar-refractivity contribution in [3.63, 3.8) is 0 Å². The van der Waals surface area contributed by atoms with Crippen molar-refractivity contribution in [3.05, 3.63) is 110 Å². The molecule has 3 aromatic rings. The van der Waals surface area contributed by atoms with Crippen LogP contribution in [-0.4, -0.2) is 29.0 Å². The number of benzene rings is 3. The molecule has 188 valence electrons. The van der Waals surface area contributed by atoms with Gasteiger partial charge >= 0.3 is 5.97 Å². The summed E-state index contributed by atoms with van der Waals surface area (Å²) in [6.07, 6.45) is 3.27. The molecular formula is C27H24Cl4N2O3. The Hall–Kier alpha value is -2.41. The lowest BCUT2D eigenvalue weighted by atomic mass is 10.1. The Morgan fingerprint density at radius 3 is 2.28 bits per heavy atom. The minimum absolute atomic E-state index is 0.234. The van der Waals surface area contributed by atoms with Crippen molar-refractivity contribution in [1.29, 1.82) is 0 Å². The van der Waals surface area contributed by atoms with Crippen LogP contribution < -0.4 is 4.74 Å². The van der Waals surface area contributed by atoms with E-state index in [9.17, 15) is 4.79 Å². The van der Waals surface area contributed by atoms with Crippen LogP contribution in [-0.2, 0) is 22.7 Å². The molecule has 0 amide bonds. The number of hydrogen-bond acceptors (Lipinski definition) is 5. The summed E-state index contributed by atoms with van der Waals surface area (Å²) < 4.78 is 20.2. The first kappa shape index (κ1) is 25.2. The normalized spacial score (nSPS) is 16.2. The Balaban J connectivity index is 1.46. The molecule has 0 radical (unpaired) electrons. The molecule has 4 rings (SSSR count). The van der Waals surface area contributed by atoms with Gasteiger partial charge in [0, 0.05) is 58.1 Å². The Bertz CT molecular complexity index is 1290. The molecule has 1 heterocycles. The van der Waals surface area contributed by atoms with Gasteiger partial charge in [-0.05, 0) is 47.5 Å². The van der Waals surface area contributed by atoms with Gasteiger partial charge in [0.25, 0.3) is 0 Å². The summed E-state index contributed by atoms with van der Waals surface area (Å²) in [7, 11) is 0. The van der Waals surface area contributed by atoms with Crippen molar-refractivity contribution in [2.45, 2.75) is 26.2 Å². The van der Waals surface area contributed by atoms with Crippen LogP contribution in [0.3, 0.4) is 0 Å². The number of ether oxygens (including phenoxy) is 2. The minimum atomic E-state index is -0.676. The smallest absolute Gasteiger partial charge is 0.308 e. The van der Waals surface area contributed by atoms with Crippen LogP contribution >= 0.6 is 46.4 Å². The highest BCUT2D eigenvalue weighted by Gasteiger charge is 2.22. The van der Waals surface area contributed by atoms with Crippen LogP contribution in [0, 0.1) is 0 Å². The van der Waals surface area contributed by atoms with Crippen molar-refractivity contribution in [2.75, 3.05) is 13.2 Å². The lowest BCUT2D eigenvalue weighted by molar-refractivity contribution is -0.131. The Morgan fingerprint density at radius 1 is 0.944 bits per heavy atom. The summed E-state index contributed by atoms with van der Waals surface area (Å²) in [5, 5.41) is 2.07. The zero-order valence-electron chi connectivity index (χ0n) is 20.3. The first-order chi connectivity index (χ1) is 17.7. The van der Waals surface area contributed by atoms with E-state index in [1.54, 1.807) is 36.4 Å². The standard InChI is InChI=1S/C27H24Cl4N2O3/c1-18(34)36-23-7-2-19(3-8-23)14-32-10-11-33(17-32)15-27(24-9-6-22(29)13-26(24)31)35-16-20-4-5-21(28)12-25(20)30/h2-13,27H,14-17H2,1H3/i17D. The van der Waals surface area contributed by atoms with Crippen molar-refractivity contribution in [2.24, 2.45) is 0 Å². The molecule has 0 aliphatic carbocycles. The fraction of sp³-hybridized carbons (Fsp3) is 0.222. The third-order valence-corrected chi connectivity index (χ3v) is 6.59. The molecule has 9 heteroatoms. The van der Waals surface area contributed by atoms with E-state index in [-0.39, 0.29) is 12.6 Å². The van der Waals surface area contributed by atoms with Crippen LogP contribution in [0.5, 0.6) is 5.75 Å². The van der Waals surface area contributed by atoms with E-state index in [0.717, 1.165) is 16.7 Å². The Labute approximate surface area is 232 Å². The largest absolute Gasteiger partial charge is 0.427 e. The zero-order chi connectivity index (χ0) is 26.5. The van der Waals surface area contributed by atoms with E-state index >= 15 is 0 Å². The second-order valence-corrected chi connectivity index (χ2v) is 9.91. The number of hydrogen-bond donors (Lipinski definition) is 0. The van der Waals surface area contributed by atoms with E-state index in [0.29, 0.717) is 38.9 Å². The maximum Gasteiger partial charge on any atom is 0.308 e. The molecule has 0 saturated carbocycles. The van der Waals surface area contributed by atoms with E-state index in [4.69, 9.17) is 57.2 Å². The molecule has 0 bridgehead atoms. The minimum Gasteiger partial charge on any atom is -0.427 e. The number of carbonyl (C=O) groups is 1. The molecule has 0 N–H and O–H groups in total. The van der Waals surface area contributed by atoms with Crippen molar-refractivity contribution < 1.29 is 15.6 Å². The predicted octanol–water partition coefficient (Wildman–Crippen LogP) is 7.73. The van der Waals surface area contributed by atoms with Gasteiger partial charge in [0.15, 0.2) is 0 Å². The van der Waals surface area contributed by atoms with Gasteiger partial charge in [0.2, 0.25) is 0 Å². The molecule has 0 fully saturated rings. The molecule has 1 aliphatic rings. The lowest BCUT2D eigenvalue weighted by Gasteiger charge is -2.27. The molecule has 2 unspecified atom stereocenters. The highest BCUT2D eigenvalue weighted by Crippen LogP contribution is 2.32. The number of esters is 1. The molecule has 36 heavy (non-hydrogen) atoms. The van der Waals surface area contributed by atoms with E-state index in [1.807, 2.05) is 46.5 Å². The zero-order valence-corrected chi connectivity index (χ0v) is 22.4. The predicted molar refractivity (Wildman–Crippen MR) is 144 cm³/mol. The average molecular weight is 567 g/mol. The Morgan fingerprint density at radius 2 is 1.61 bits per heavy atom. The van der Waals surface area contributed by atoms with E-state index < -0.39 is 12.7 Å². The van der Waals surface area contributed by atoms with E-state index in [2.05, 4.69) is 0 Å². The molecule has 5 nitrogen and oxygen atoms in total. The SMILES string of the molecule is [2H]C1N(Cc2ccc(OC(C)=O)cc2)C=CN1CC(OCc1ccc(Cl)cc1Cl)c1ccc(Cl)cc1Cl. The number of halogens is 4. The van der Waals surface area contributed by atoms with Crippen molar-refractivity contribution in [1.82, 2.24) is 9.80 Å². The second kappa shape index (κ2) is 12.2. The lowest BCUT2D eigenvalue weighted by Crippen LogP contribution is -2.29. The fourth-order valence-corrected chi connectivity index (χ4v) is 4.70. The maximum atomic E-state index is 11.1. The highest BCUT2D eigenvalue weighted by atomic mass is 35.5. The van der Waals surface area contributed by atoms with E-state index in [1.165, 1.54) is 6.92 Å². The topological polar surface area (TPSA) is 42.0 Å². The van der Waals surface area contributed by atoms with Crippen LogP contribution in [0.4, 0.5) is 0 Å². The molecule has 0 spiro atoms. The summed E-state index contributed by atoms with van der Waals surface area (Å²) in [6.45, 7) is 1.80. The van der Waals surface area contributed by atoms with Crippen LogP contribution in [0.2, 0.25) is 20.1 Å². The van der Waals surface area contributed by atoms with Crippen molar-refractivity contribution >= 4 is 52.4 Å². The summed E-state index contributed by atoms with van der Waals surface area (Å²) in [5.74, 6) is 0.117. The molecule has 3 aromatic carbocycles. The van der Waals surface area contributed by atoms with Gasteiger partial charge in [0.05, 0.1) is 14.6 Å². The first-order valence-corrected chi connectivity index (χ1v) is 12.6. The highest BCUT2D eigenvalue weighted by molar-refractivity contribution is 6.35.